The molecule has 4 aromatic rings. The summed E-state index contributed by atoms with van der Waals surface area (Å²) in [6, 6.07) is 18.5. The number of fused-ring (bicyclic) bond motifs is 1. The Morgan fingerprint density at radius 1 is 1.14 bits per heavy atom. The molecule has 0 radical (unpaired) electrons. The number of ether oxygens (including phenoxy) is 1. The number of oxime groups is 1. The number of anilines is 1. The molecular formula is C29H25N7O5S3. The van der Waals surface area contributed by atoms with Crippen LogP contribution in [0.3, 0.4) is 0 Å². The molecule has 4 heterocycles. The van der Waals surface area contributed by atoms with E-state index in [-0.39, 0.29) is 34.7 Å². The van der Waals surface area contributed by atoms with Crippen LogP contribution in [0.5, 0.6) is 0 Å². The van der Waals surface area contributed by atoms with Crippen LogP contribution in [0.4, 0.5) is 5.13 Å². The first-order valence-electron chi connectivity index (χ1n) is 13.5. The number of allylic oxidation sites excluding steroid dienone is 1. The molecule has 0 saturated carbocycles. The normalized spacial score (nSPS) is 18.2. The molecule has 12 nitrogen and oxygen atoms in total. The van der Waals surface area contributed by atoms with Crippen LogP contribution < -0.4 is 5.73 Å². The van der Waals surface area contributed by atoms with Gasteiger partial charge in [0.1, 0.15) is 18.3 Å². The monoisotopic (exact) mass is 647 g/mol. The number of nitrogens with two attached hydrogens (primary N) is 1. The van der Waals surface area contributed by atoms with Crippen molar-refractivity contribution in [1.29, 1.82) is 0 Å². The molecule has 15 heteroatoms. The lowest BCUT2D eigenvalue weighted by molar-refractivity contribution is -0.162. The molecule has 1 saturated heterocycles. The van der Waals surface area contributed by atoms with Gasteiger partial charge < -0.3 is 20.2 Å². The van der Waals surface area contributed by atoms with E-state index in [1.807, 2.05) is 60.7 Å². The number of hydrogen-bond acceptors (Lipinski definition) is 14. The lowest BCUT2D eigenvalue weighted by atomic mass is 9.77. The van der Waals surface area contributed by atoms with Crippen LogP contribution >= 0.6 is 34.6 Å². The average molecular weight is 648 g/mol. The number of ketones is 1. The number of carbonyl (C=O) groups excluding carboxylic acids is 3. The van der Waals surface area contributed by atoms with E-state index < -0.39 is 29.8 Å². The molecule has 0 unspecified atom stereocenters. The minimum absolute atomic E-state index is 0.0411. The zero-order valence-corrected chi connectivity index (χ0v) is 25.7. The standard InChI is InChI=1S/C29H25N7O5S3/c1-40-34-22(25-32-28(30)44-35-25)20(37)14-18-19-12-13-21(43-29-33-31-15-42-29)23(36(19)26(18)38)27(39)41-24(16-8-4-2-5-9-16)17-10-6-3-7-11-17/h2-11,15,18-19,24H,12-14H2,1H3,(H2,30,32,35)/b34-22-/t18-,19+/m0/s1. The fraction of sp³-hybridized carbons (Fsp3) is 0.241. The van der Waals surface area contributed by atoms with Gasteiger partial charge in [0.15, 0.2) is 27.1 Å². The number of aromatic nitrogens is 4. The Balaban J connectivity index is 1.29. The van der Waals surface area contributed by atoms with Gasteiger partial charge in [-0.1, -0.05) is 88.9 Å². The highest BCUT2D eigenvalue weighted by Gasteiger charge is 2.54. The van der Waals surface area contributed by atoms with Crippen LogP contribution in [0, 0.1) is 5.92 Å². The first kappa shape index (κ1) is 29.6. The summed E-state index contributed by atoms with van der Waals surface area (Å²) in [4.78, 5) is 52.1. The molecule has 2 aromatic carbocycles. The molecule has 44 heavy (non-hydrogen) atoms. The minimum atomic E-state index is -0.704. The van der Waals surface area contributed by atoms with Crippen molar-refractivity contribution in [1.82, 2.24) is 24.5 Å². The van der Waals surface area contributed by atoms with Crippen LogP contribution in [0.2, 0.25) is 0 Å². The molecule has 2 aliphatic heterocycles. The van der Waals surface area contributed by atoms with Gasteiger partial charge in [-0.15, -0.1) is 10.2 Å². The summed E-state index contributed by atoms with van der Waals surface area (Å²) in [5.41, 5.74) is 8.92. The Morgan fingerprint density at radius 2 is 1.84 bits per heavy atom. The fourth-order valence-corrected chi connectivity index (χ4v) is 7.41. The Hall–Kier alpha value is -4.47. The number of nitrogen functional groups attached to an aromatic ring is 1. The Labute approximate surface area is 264 Å². The van der Waals surface area contributed by atoms with E-state index in [0.717, 1.165) is 22.7 Å². The number of thioether (sulfide) groups is 1. The molecule has 6 rings (SSSR count). The van der Waals surface area contributed by atoms with E-state index >= 15 is 0 Å². The highest BCUT2D eigenvalue weighted by Crippen LogP contribution is 2.47. The van der Waals surface area contributed by atoms with Crippen molar-refractivity contribution in [3.05, 3.63) is 93.7 Å². The second-order valence-electron chi connectivity index (χ2n) is 9.81. The third-order valence-electron chi connectivity index (χ3n) is 7.20. The third kappa shape index (κ3) is 5.98. The summed E-state index contributed by atoms with van der Waals surface area (Å²) in [6.45, 7) is 0. The summed E-state index contributed by atoms with van der Waals surface area (Å²) in [5.74, 6) is -2.09. The molecule has 2 aromatic heterocycles. The number of nitrogens with zero attached hydrogens (tertiary/aromatic N) is 6. The number of hydrogen-bond donors (Lipinski definition) is 1. The van der Waals surface area contributed by atoms with Gasteiger partial charge in [-0.3, -0.25) is 9.59 Å². The lowest BCUT2D eigenvalue weighted by Gasteiger charge is -2.50. The van der Waals surface area contributed by atoms with Gasteiger partial charge in [0.25, 0.3) is 0 Å². The van der Waals surface area contributed by atoms with Crippen LogP contribution in [-0.4, -0.2) is 61.0 Å². The molecule has 2 aliphatic rings. The van der Waals surface area contributed by atoms with Crippen molar-refractivity contribution < 1.29 is 24.0 Å². The zero-order valence-electron chi connectivity index (χ0n) is 23.2. The van der Waals surface area contributed by atoms with Crippen LogP contribution in [0.15, 0.2) is 86.3 Å². The number of β-lactam (4-membered cyclic amide) rings is 1. The molecule has 0 spiro atoms. The molecule has 0 aliphatic carbocycles. The lowest BCUT2D eigenvalue weighted by Crippen LogP contribution is -2.63. The van der Waals surface area contributed by atoms with E-state index in [4.69, 9.17) is 15.3 Å². The summed E-state index contributed by atoms with van der Waals surface area (Å²) in [6.07, 6.45) is 0.170. The van der Waals surface area contributed by atoms with Crippen molar-refractivity contribution >= 4 is 63.1 Å². The van der Waals surface area contributed by atoms with Gasteiger partial charge in [-0.25, -0.2) is 4.79 Å². The smallest absolute Gasteiger partial charge is 0.356 e. The van der Waals surface area contributed by atoms with Crippen LogP contribution in [0.1, 0.15) is 42.3 Å². The second kappa shape index (κ2) is 13.0. The first-order valence-corrected chi connectivity index (χ1v) is 16.0. The van der Waals surface area contributed by atoms with E-state index in [9.17, 15) is 14.4 Å². The quantitative estimate of drug-likeness (QED) is 0.107. The SMILES string of the molecule is CO/N=C(/C(=O)C[C@@H]1C(=O)N2C(C(=O)OC(c3ccccc3)c3ccccc3)=C(Sc3nncs3)CC[C@H]12)c1nsc(N)n1. The molecule has 2 atom stereocenters. The van der Waals surface area contributed by atoms with E-state index in [0.29, 0.717) is 22.1 Å². The topological polar surface area (TPSA) is 163 Å². The summed E-state index contributed by atoms with van der Waals surface area (Å²) >= 11 is 3.56. The molecular weight excluding hydrogens is 623 g/mol. The number of rotatable bonds is 11. The van der Waals surface area contributed by atoms with Crippen molar-refractivity contribution in [2.24, 2.45) is 11.1 Å². The van der Waals surface area contributed by atoms with Crippen molar-refractivity contribution in [3.8, 4) is 0 Å². The molecule has 1 amide bonds. The molecule has 0 bridgehead atoms. The van der Waals surface area contributed by atoms with Gasteiger partial charge in [0.05, 0.1) is 5.92 Å². The van der Waals surface area contributed by atoms with Gasteiger partial charge in [-0.05, 0) is 24.0 Å². The molecule has 1 fully saturated rings. The summed E-state index contributed by atoms with van der Waals surface area (Å²) in [5, 5.41) is 12.0. The molecule has 2 N–H and O–H groups in total. The zero-order chi connectivity index (χ0) is 30.6. The fourth-order valence-electron chi connectivity index (χ4n) is 5.27. The predicted molar refractivity (Wildman–Crippen MR) is 164 cm³/mol. The van der Waals surface area contributed by atoms with Gasteiger partial charge in [0, 0.05) is 28.9 Å². The maximum Gasteiger partial charge on any atom is 0.356 e. The number of amides is 1. The first-order chi connectivity index (χ1) is 21.4. The second-order valence-corrected chi connectivity index (χ2v) is 12.8. The van der Waals surface area contributed by atoms with Gasteiger partial charge in [0.2, 0.25) is 11.7 Å². The van der Waals surface area contributed by atoms with Gasteiger partial charge >= 0.3 is 5.97 Å². The maximum absolute atomic E-state index is 14.1. The van der Waals surface area contributed by atoms with E-state index in [1.54, 1.807) is 5.51 Å². The van der Waals surface area contributed by atoms with Crippen molar-refractivity contribution in [2.45, 2.75) is 35.7 Å². The van der Waals surface area contributed by atoms with Crippen LogP contribution in [0.25, 0.3) is 0 Å². The Bertz CT molecular complexity index is 1690. The predicted octanol–water partition coefficient (Wildman–Crippen LogP) is 4.24. The number of benzene rings is 2. The van der Waals surface area contributed by atoms with Crippen molar-refractivity contribution in [3.63, 3.8) is 0 Å². The van der Waals surface area contributed by atoms with E-state index in [1.165, 1.54) is 35.1 Å². The van der Waals surface area contributed by atoms with Crippen molar-refractivity contribution in [2.75, 3.05) is 12.8 Å². The number of Topliss-reactive ketones (excluding diaryl/α,β-unsaturated/α-hetero) is 1. The minimum Gasteiger partial charge on any atom is -0.448 e. The average Bonchev–Trinajstić information content (AvgIpc) is 3.73. The highest BCUT2D eigenvalue weighted by molar-refractivity contribution is 8.04. The Kier molecular flexibility index (Phi) is 8.77. The summed E-state index contributed by atoms with van der Waals surface area (Å²) in [7, 11) is 1.30. The third-order valence-corrected chi connectivity index (χ3v) is 9.67. The Morgan fingerprint density at radius 3 is 2.43 bits per heavy atom. The number of carbonyl (C=O) groups is 3. The number of esters is 1. The van der Waals surface area contributed by atoms with Gasteiger partial charge in [-0.2, -0.15) is 9.36 Å². The maximum atomic E-state index is 14.1. The highest BCUT2D eigenvalue weighted by atomic mass is 32.2. The summed E-state index contributed by atoms with van der Waals surface area (Å²) < 4.78 is 10.9. The molecule has 224 valence electrons. The largest absolute Gasteiger partial charge is 0.448 e. The van der Waals surface area contributed by atoms with Crippen LogP contribution in [-0.2, 0) is 24.0 Å². The van der Waals surface area contributed by atoms with E-state index in [2.05, 4.69) is 24.7 Å².